The maximum absolute atomic E-state index is 12.8. The number of para-hydroxylation sites is 1. The maximum atomic E-state index is 12.8. The fourth-order valence-corrected chi connectivity index (χ4v) is 5.90. The van der Waals surface area contributed by atoms with Crippen molar-refractivity contribution in [2.75, 3.05) is 6.61 Å². The Balaban J connectivity index is 2.18. The molecule has 2 N–H and O–H groups in total. The average Bonchev–Trinajstić information content (AvgIpc) is 2.55. The van der Waals surface area contributed by atoms with Crippen LogP contribution >= 0.6 is 0 Å². The molecule has 1 aromatic carbocycles. The van der Waals surface area contributed by atoms with Gasteiger partial charge in [-0.3, -0.25) is 9.59 Å². The summed E-state index contributed by atoms with van der Waals surface area (Å²) < 4.78 is 5.02. The van der Waals surface area contributed by atoms with Gasteiger partial charge in [0.05, 0.1) is 0 Å². The van der Waals surface area contributed by atoms with E-state index in [2.05, 4.69) is 0 Å². The third kappa shape index (κ3) is 2.96. The SMILES string of the molecule is CC(C)(C)[Si](C)(C)[N+]1(N)C(=O)[C@@H](C(=O)COc2ccccc2)[C@H]1C=O. The van der Waals surface area contributed by atoms with Crippen LogP contribution in [-0.2, 0) is 14.4 Å². The van der Waals surface area contributed by atoms with Crippen LogP contribution in [0.2, 0.25) is 18.1 Å². The molecule has 136 valence electrons. The molecule has 1 fully saturated rings. The second-order valence-corrected chi connectivity index (χ2v) is 13.5. The number of β-lactam (4-membered cyclic amide) rings is 1. The number of hydrogen-bond acceptors (Lipinski definition) is 5. The number of ether oxygens (including phenoxy) is 1. The largest absolute Gasteiger partial charge is 0.486 e. The number of nitrogens with zero attached hydrogens (tertiary/aromatic N) is 1. The lowest BCUT2D eigenvalue weighted by molar-refractivity contribution is -0.822. The summed E-state index contributed by atoms with van der Waals surface area (Å²) in [6.07, 6.45) is 0.660. The van der Waals surface area contributed by atoms with Gasteiger partial charge in [0, 0.05) is 5.04 Å². The highest BCUT2D eigenvalue weighted by Gasteiger charge is 2.74. The molecule has 0 aliphatic carbocycles. The monoisotopic (exact) mass is 363 g/mol. The number of benzene rings is 1. The van der Waals surface area contributed by atoms with Crippen LogP contribution in [0.4, 0.5) is 0 Å². The predicted molar refractivity (Wildman–Crippen MR) is 96.9 cm³/mol. The predicted octanol–water partition coefficient (Wildman–Crippen LogP) is 2.05. The van der Waals surface area contributed by atoms with Crippen molar-refractivity contribution in [3.05, 3.63) is 30.3 Å². The smallest absolute Gasteiger partial charge is 0.333 e. The van der Waals surface area contributed by atoms with Gasteiger partial charge < -0.3 is 4.74 Å². The first-order chi connectivity index (χ1) is 11.5. The molecular formula is C18H27N2O4Si+. The Morgan fingerprint density at radius 3 is 2.32 bits per heavy atom. The first kappa shape index (κ1) is 19.5. The van der Waals surface area contributed by atoms with Crippen LogP contribution in [0.3, 0.4) is 0 Å². The van der Waals surface area contributed by atoms with Crippen molar-refractivity contribution >= 4 is 26.2 Å². The molecule has 2 rings (SSSR count). The van der Waals surface area contributed by atoms with Gasteiger partial charge in [-0.15, -0.1) is 0 Å². The molecule has 1 heterocycles. The average molecular weight is 364 g/mol. The van der Waals surface area contributed by atoms with E-state index >= 15 is 0 Å². The second kappa shape index (κ2) is 6.47. The number of carbonyl (C=O) groups is 3. The van der Waals surface area contributed by atoms with Crippen LogP contribution < -0.4 is 10.6 Å². The van der Waals surface area contributed by atoms with Crippen LogP contribution in [0.25, 0.3) is 0 Å². The quantitative estimate of drug-likeness (QED) is 0.209. The molecule has 1 amide bonds. The van der Waals surface area contributed by atoms with Crippen molar-refractivity contribution in [2.45, 2.75) is 44.9 Å². The Morgan fingerprint density at radius 1 is 1.28 bits per heavy atom. The molecule has 0 spiro atoms. The van der Waals surface area contributed by atoms with Gasteiger partial charge in [0.25, 0.3) is 0 Å². The summed E-state index contributed by atoms with van der Waals surface area (Å²) in [6, 6.07) is 8.05. The number of nitrogens with two attached hydrogens (primary N) is 1. The van der Waals surface area contributed by atoms with Crippen molar-refractivity contribution in [1.82, 2.24) is 0 Å². The summed E-state index contributed by atoms with van der Waals surface area (Å²) in [6.45, 7) is 9.80. The normalized spacial score (nSPS) is 26.7. The molecule has 1 aliphatic rings. The van der Waals surface area contributed by atoms with Crippen LogP contribution in [-0.4, -0.2) is 43.1 Å². The molecule has 1 unspecified atom stereocenters. The fraction of sp³-hybridized carbons (Fsp3) is 0.500. The van der Waals surface area contributed by atoms with E-state index in [9.17, 15) is 14.4 Å². The van der Waals surface area contributed by atoms with Crippen molar-refractivity contribution in [3.8, 4) is 5.75 Å². The van der Waals surface area contributed by atoms with E-state index in [4.69, 9.17) is 10.6 Å². The van der Waals surface area contributed by atoms with Crippen LogP contribution in [0.1, 0.15) is 20.8 Å². The topological polar surface area (TPSA) is 86.5 Å². The van der Waals surface area contributed by atoms with Gasteiger partial charge in [-0.2, -0.15) is 5.84 Å². The number of carbonyl (C=O) groups excluding carboxylic acids is 3. The number of amides is 1. The van der Waals surface area contributed by atoms with E-state index in [0.717, 1.165) is 0 Å². The first-order valence-electron chi connectivity index (χ1n) is 8.36. The molecule has 1 saturated heterocycles. The molecule has 0 bridgehead atoms. The lowest BCUT2D eigenvalue weighted by Crippen LogP contribution is -2.90. The maximum Gasteiger partial charge on any atom is 0.333 e. The van der Waals surface area contributed by atoms with Crippen LogP contribution in [0.5, 0.6) is 5.75 Å². The molecule has 25 heavy (non-hydrogen) atoms. The van der Waals surface area contributed by atoms with E-state index in [0.29, 0.717) is 12.0 Å². The number of Topliss-reactive ketones (excluding diaryl/α,β-unsaturated/α-hetero) is 1. The molecule has 0 aromatic heterocycles. The minimum absolute atomic E-state index is 0.201. The standard InChI is InChI=1S/C18H27N2O4Si/c1-18(2,3)25(4,5)20(19)14(11-21)16(17(20)23)15(22)12-24-13-9-7-6-8-10-13/h6-11,14,16H,12,19H2,1-5H3/q+1/t14-,16-,20?/m1/s1. The zero-order chi connectivity index (χ0) is 19.0. The van der Waals surface area contributed by atoms with E-state index in [-0.39, 0.29) is 17.6 Å². The van der Waals surface area contributed by atoms with Gasteiger partial charge in [-0.25, -0.2) is 9.05 Å². The summed E-state index contributed by atoms with van der Waals surface area (Å²) in [5, 5.41) is -0.201. The van der Waals surface area contributed by atoms with Gasteiger partial charge in [-0.1, -0.05) is 39.0 Å². The fourth-order valence-electron chi connectivity index (χ4n) is 3.14. The highest BCUT2D eigenvalue weighted by Crippen LogP contribution is 2.48. The van der Waals surface area contributed by atoms with E-state index < -0.39 is 30.2 Å². The van der Waals surface area contributed by atoms with Crippen molar-refractivity contribution in [2.24, 2.45) is 11.8 Å². The number of rotatable bonds is 6. The van der Waals surface area contributed by atoms with Gasteiger partial charge in [0.1, 0.15) is 12.4 Å². The zero-order valence-electron chi connectivity index (χ0n) is 15.5. The van der Waals surface area contributed by atoms with E-state index in [1.54, 1.807) is 24.3 Å². The Hall–Kier alpha value is -1.83. The first-order valence-corrected chi connectivity index (χ1v) is 11.3. The lowest BCUT2D eigenvalue weighted by atomic mass is 9.86. The number of quaternary nitrogens is 1. The minimum atomic E-state index is -2.43. The van der Waals surface area contributed by atoms with E-state index in [1.807, 2.05) is 39.9 Å². The van der Waals surface area contributed by atoms with Gasteiger partial charge in [0.15, 0.2) is 24.0 Å². The summed E-state index contributed by atoms with van der Waals surface area (Å²) >= 11 is 0. The highest BCUT2D eigenvalue weighted by molar-refractivity contribution is 6.75. The van der Waals surface area contributed by atoms with Crippen LogP contribution in [0.15, 0.2) is 30.3 Å². The third-order valence-corrected chi connectivity index (χ3v) is 11.9. The van der Waals surface area contributed by atoms with Crippen molar-refractivity contribution in [1.29, 1.82) is 0 Å². The Labute approximate surface area is 149 Å². The van der Waals surface area contributed by atoms with Gasteiger partial charge in [-0.05, 0) is 25.2 Å². The molecule has 7 heteroatoms. The summed E-state index contributed by atoms with van der Waals surface area (Å²) in [5.74, 6) is 5.19. The number of hydrogen-bond donors (Lipinski definition) is 1. The molecule has 3 atom stereocenters. The summed E-state index contributed by atoms with van der Waals surface area (Å²) in [5.41, 5.74) is 0. The Kier molecular flexibility index (Phi) is 5.05. The lowest BCUT2D eigenvalue weighted by Gasteiger charge is -2.58. The molecule has 6 nitrogen and oxygen atoms in total. The van der Waals surface area contributed by atoms with Gasteiger partial charge in [0.2, 0.25) is 0 Å². The summed E-state index contributed by atoms with van der Waals surface area (Å²) in [7, 11) is -2.43. The van der Waals surface area contributed by atoms with E-state index in [1.165, 1.54) is 0 Å². The Bertz CT molecular complexity index is 684. The highest BCUT2D eigenvalue weighted by atomic mass is 28.3. The Morgan fingerprint density at radius 2 is 1.84 bits per heavy atom. The van der Waals surface area contributed by atoms with Crippen molar-refractivity contribution < 1.29 is 23.4 Å². The number of aldehydes is 1. The molecule has 1 aromatic rings. The molecule has 1 aliphatic heterocycles. The molecule has 0 radical (unpaired) electrons. The molecular weight excluding hydrogens is 336 g/mol. The summed E-state index contributed by atoms with van der Waals surface area (Å²) in [4.78, 5) is 37.0. The third-order valence-electron chi connectivity index (χ3n) is 5.81. The molecule has 0 saturated carbocycles. The zero-order valence-corrected chi connectivity index (χ0v) is 16.5. The van der Waals surface area contributed by atoms with Gasteiger partial charge >= 0.3 is 14.1 Å². The minimum Gasteiger partial charge on any atom is -0.486 e. The van der Waals surface area contributed by atoms with Crippen LogP contribution in [0, 0.1) is 5.92 Å². The van der Waals surface area contributed by atoms with Crippen molar-refractivity contribution in [3.63, 3.8) is 0 Å². The number of ketones is 1. The second-order valence-electron chi connectivity index (χ2n) is 8.10.